The van der Waals surface area contributed by atoms with Crippen molar-refractivity contribution in [2.24, 2.45) is 0 Å². The minimum Gasteiger partial charge on any atom is -0.444 e. The van der Waals surface area contributed by atoms with Crippen molar-refractivity contribution in [3.8, 4) is 0 Å². The first-order chi connectivity index (χ1) is 18.6. The van der Waals surface area contributed by atoms with E-state index >= 15 is 0 Å². The fourth-order valence-corrected chi connectivity index (χ4v) is 4.85. The minimum absolute atomic E-state index is 0.0959. The van der Waals surface area contributed by atoms with Crippen LogP contribution in [0.3, 0.4) is 0 Å². The van der Waals surface area contributed by atoms with E-state index in [0.29, 0.717) is 36.6 Å². The molecular weight excluding hydrogens is 518 g/mol. The van der Waals surface area contributed by atoms with Crippen LogP contribution in [0.5, 0.6) is 0 Å². The molecule has 2 aromatic rings. The molecule has 0 spiro atoms. The zero-order valence-corrected chi connectivity index (χ0v) is 24.3. The zero-order valence-electron chi connectivity index (χ0n) is 23.5. The summed E-state index contributed by atoms with van der Waals surface area (Å²) in [7, 11) is 0. The number of Topliss-reactive ketones (excluding diaryl/α,β-unsaturated/α-hetero) is 1. The number of thiophene rings is 1. The number of morpholine rings is 1. The van der Waals surface area contributed by atoms with Crippen LogP contribution in [-0.2, 0) is 22.4 Å². The van der Waals surface area contributed by atoms with Crippen molar-refractivity contribution in [3.05, 3.63) is 45.9 Å². The first kappa shape index (κ1) is 30.5. The van der Waals surface area contributed by atoms with Gasteiger partial charge in [0.05, 0.1) is 18.9 Å². The average Bonchev–Trinajstić information content (AvgIpc) is 3.32. The molecule has 11 heteroatoms. The number of nitrogens with one attached hydrogen (secondary N) is 2. The number of urea groups is 1. The third-order valence-corrected chi connectivity index (χ3v) is 6.82. The van der Waals surface area contributed by atoms with Gasteiger partial charge in [-0.2, -0.15) is 0 Å². The van der Waals surface area contributed by atoms with Crippen LogP contribution in [-0.4, -0.2) is 84.2 Å². The normalized spacial score (nSPS) is 14.1. The highest BCUT2D eigenvalue weighted by Gasteiger charge is 2.20. The van der Waals surface area contributed by atoms with Crippen LogP contribution in [0, 0.1) is 0 Å². The predicted molar refractivity (Wildman–Crippen MR) is 152 cm³/mol. The highest BCUT2D eigenvalue weighted by atomic mass is 32.1. The van der Waals surface area contributed by atoms with E-state index in [9.17, 15) is 14.4 Å². The van der Waals surface area contributed by atoms with E-state index < -0.39 is 11.7 Å². The van der Waals surface area contributed by atoms with Gasteiger partial charge in [0.2, 0.25) is 0 Å². The molecule has 3 heterocycles. The Hall–Kier alpha value is -3.02. The molecule has 0 saturated carbocycles. The van der Waals surface area contributed by atoms with Crippen LogP contribution in [0.25, 0.3) is 0 Å². The number of nitrogens with zero attached hydrogens (tertiary/aromatic N) is 3. The van der Waals surface area contributed by atoms with Crippen molar-refractivity contribution in [3.63, 3.8) is 0 Å². The van der Waals surface area contributed by atoms with Gasteiger partial charge in [-0.1, -0.05) is 13.0 Å². The van der Waals surface area contributed by atoms with Gasteiger partial charge in [-0.05, 0) is 56.2 Å². The van der Waals surface area contributed by atoms with Gasteiger partial charge in [0.15, 0.2) is 5.78 Å². The van der Waals surface area contributed by atoms with Gasteiger partial charge in [0.1, 0.15) is 11.3 Å². The Morgan fingerprint density at radius 3 is 2.62 bits per heavy atom. The van der Waals surface area contributed by atoms with Gasteiger partial charge in [-0.3, -0.25) is 20.0 Å². The lowest BCUT2D eigenvalue weighted by Gasteiger charge is -2.28. The molecule has 0 unspecified atom stereocenters. The maximum atomic E-state index is 12.9. The van der Waals surface area contributed by atoms with Crippen molar-refractivity contribution in [2.45, 2.75) is 59.1 Å². The molecule has 214 valence electrons. The van der Waals surface area contributed by atoms with Crippen molar-refractivity contribution >= 4 is 34.9 Å². The second-order valence-corrected chi connectivity index (χ2v) is 11.3. The van der Waals surface area contributed by atoms with Crippen molar-refractivity contribution in [1.82, 2.24) is 20.1 Å². The Labute approximate surface area is 235 Å². The zero-order chi connectivity index (χ0) is 28.3. The van der Waals surface area contributed by atoms with Gasteiger partial charge in [-0.25, -0.2) is 9.59 Å². The predicted octanol–water partition coefficient (Wildman–Crippen LogP) is 4.56. The standard InChI is InChI=1S/C28H41N5O5S/c1-5-9-29-26(35)33(11-6-10-32-12-14-37-15-13-32)18-21-7-8-23(30-17-21)25(34)16-22-19-39-20-24(22)31-27(36)38-28(2,3)4/h7-8,17,19-20H,5-6,9-16,18H2,1-4H3,(H,29,35)(H,31,36). The number of pyridine rings is 1. The smallest absolute Gasteiger partial charge is 0.412 e. The molecule has 10 nitrogen and oxygen atoms in total. The number of ketones is 1. The van der Waals surface area contributed by atoms with Crippen LogP contribution < -0.4 is 10.6 Å². The average molecular weight is 560 g/mol. The number of rotatable bonds is 12. The number of amides is 3. The molecule has 0 aromatic carbocycles. The van der Waals surface area contributed by atoms with E-state index in [-0.39, 0.29) is 18.2 Å². The SMILES string of the molecule is CCCNC(=O)N(CCCN1CCOCC1)Cc1ccc(C(=O)Cc2cscc2NC(=O)OC(C)(C)C)nc1. The summed E-state index contributed by atoms with van der Waals surface area (Å²) in [6, 6.07) is 3.44. The molecule has 39 heavy (non-hydrogen) atoms. The lowest BCUT2D eigenvalue weighted by Crippen LogP contribution is -2.42. The summed E-state index contributed by atoms with van der Waals surface area (Å²) < 4.78 is 10.7. The molecule has 3 rings (SSSR count). The molecule has 0 bridgehead atoms. The molecule has 2 N–H and O–H groups in total. The second kappa shape index (κ2) is 14.9. The van der Waals surface area contributed by atoms with Crippen molar-refractivity contribution < 1.29 is 23.9 Å². The van der Waals surface area contributed by atoms with Crippen molar-refractivity contribution in [2.75, 3.05) is 51.3 Å². The Kier molecular flexibility index (Phi) is 11.7. The summed E-state index contributed by atoms with van der Waals surface area (Å²) in [6.45, 7) is 13.3. The molecule has 2 aromatic heterocycles. The lowest BCUT2D eigenvalue weighted by atomic mass is 10.1. The summed E-state index contributed by atoms with van der Waals surface area (Å²) in [4.78, 5) is 46.4. The van der Waals surface area contributed by atoms with Gasteiger partial charge >= 0.3 is 12.1 Å². The van der Waals surface area contributed by atoms with Crippen LogP contribution in [0.4, 0.5) is 15.3 Å². The quantitative estimate of drug-likeness (QED) is 0.367. The molecule has 3 amide bonds. The second-order valence-electron chi connectivity index (χ2n) is 10.6. The maximum absolute atomic E-state index is 12.9. The van der Waals surface area contributed by atoms with Crippen LogP contribution in [0.15, 0.2) is 29.1 Å². The minimum atomic E-state index is -0.614. The molecule has 1 aliphatic rings. The largest absolute Gasteiger partial charge is 0.444 e. The van der Waals surface area contributed by atoms with E-state index in [4.69, 9.17) is 9.47 Å². The van der Waals surface area contributed by atoms with Crippen LogP contribution in [0.2, 0.25) is 0 Å². The Morgan fingerprint density at radius 1 is 1.18 bits per heavy atom. The molecular formula is C28H41N5O5S. The molecule has 1 fully saturated rings. The molecule has 0 aliphatic carbocycles. The van der Waals surface area contributed by atoms with E-state index in [0.717, 1.165) is 51.3 Å². The Balaban J connectivity index is 1.57. The highest BCUT2D eigenvalue weighted by Crippen LogP contribution is 2.23. The van der Waals surface area contributed by atoms with Gasteiger partial charge < -0.3 is 19.7 Å². The number of ether oxygens (including phenoxy) is 2. The fraction of sp³-hybridized carbons (Fsp3) is 0.571. The third-order valence-electron chi connectivity index (χ3n) is 6.03. The summed E-state index contributed by atoms with van der Waals surface area (Å²) in [5.41, 5.74) is 1.84. The molecule has 0 radical (unpaired) electrons. The number of anilines is 1. The summed E-state index contributed by atoms with van der Waals surface area (Å²) >= 11 is 1.40. The highest BCUT2D eigenvalue weighted by molar-refractivity contribution is 7.08. The number of hydrogen-bond donors (Lipinski definition) is 2. The topological polar surface area (TPSA) is 113 Å². The van der Waals surface area contributed by atoms with Crippen LogP contribution in [0.1, 0.15) is 62.2 Å². The van der Waals surface area contributed by atoms with E-state index in [2.05, 4.69) is 20.5 Å². The van der Waals surface area contributed by atoms with Crippen LogP contribution >= 0.6 is 11.3 Å². The molecule has 0 atom stereocenters. The Morgan fingerprint density at radius 2 is 1.95 bits per heavy atom. The maximum Gasteiger partial charge on any atom is 0.412 e. The molecule has 1 aliphatic heterocycles. The van der Waals surface area contributed by atoms with E-state index in [1.165, 1.54) is 11.3 Å². The fourth-order valence-electron chi connectivity index (χ4n) is 4.06. The number of aromatic nitrogens is 1. The first-order valence-corrected chi connectivity index (χ1v) is 14.4. The number of carbonyl (C=O) groups excluding carboxylic acids is 3. The summed E-state index contributed by atoms with van der Waals surface area (Å²) in [6.07, 6.45) is 2.93. The van der Waals surface area contributed by atoms with E-state index in [1.807, 2.05) is 18.4 Å². The third kappa shape index (κ3) is 10.6. The summed E-state index contributed by atoms with van der Waals surface area (Å²) in [5.74, 6) is -0.157. The molecule has 1 saturated heterocycles. The van der Waals surface area contributed by atoms with Crippen molar-refractivity contribution in [1.29, 1.82) is 0 Å². The Bertz CT molecular complexity index is 1080. The number of carbonyl (C=O) groups is 3. The first-order valence-electron chi connectivity index (χ1n) is 13.5. The van der Waals surface area contributed by atoms with Gasteiger partial charge in [-0.15, -0.1) is 11.3 Å². The number of hydrogen-bond acceptors (Lipinski definition) is 8. The monoisotopic (exact) mass is 559 g/mol. The van der Waals surface area contributed by atoms with E-state index in [1.54, 1.807) is 43.3 Å². The lowest BCUT2D eigenvalue weighted by molar-refractivity contribution is 0.0364. The van der Waals surface area contributed by atoms with Gasteiger partial charge in [0.25, 0.3) is 0 Å². The summed E-state index contributed by atoms with van der Waals surface area (Å²) in [5, 5.41) is 9.30. The van der Waals surface area contributed by atoms with Gasteiger partial charge in [0, 0.05) is 57.3 Å².